The number of rotatable bonds is 4. The van der Waals surface area contributed by atoms with Gasteiger partial charge in [-0.1, -0.05) is 12.1 Å². The molecular formula is C17H23N3O2. The number of nitrogens with zero attached hydrogens (tertiary/aromatic N) is 2. The van der Waals surface area contributed by atoms with Crippen molar-refractivity contribution < 1.29 is 9.53 Å². The molecule has 2 N–H and O–H groups in total. The lowest BCUT2D eigenvalue weighted by Gasteiger charge is -2.28. The van der Waals surface area contributed by atoms with E-state index in [1.165, 1.54) is 0 Å². The third-order valence-corrected chi connectivity index (χ3v) is 3.15. The molecule has 0 bridgehead atoms. The van der Waals surface area contributed by atoms with Gasteiger partial charge in [0.1, 0.15) is 5.60 Å². The fourth-order valence-electron chi connectivity index (χ4n) is 2.22. The van der Waals surface area contributed by atoms with Crippen LogP contribution in [0.2, 0.25) is 0 Å². The summed E-state index contributed by atoms with van der Waals surface area (Å²) in [5, 5.41) is 1.96. The van der Waals surface area contributed by atoms with Crippen LogP contribution >= 0.6 is 0 Å². The van der Waals surface area contributed by atoms with Crippen LogP contribution in [0.5, 0.6) is 0 Å². The number of carbonyl (C=O) groups excluding carboxylic acids is 1. The molecule has 0 saturated carbocycles. The Morgan fingerprint density at radius 2 is 2.09 bits per heavy atom. The lowest BCUT2D eigenvalue weighted by molar-refractivity contribution is 0.0580. The van der Waals surface area contributed by atoms with Gasteiger partial charge in [-0.15, -0.1) is 0 Å². The number of benzene rings is 1. The molecule has 1 amide bonds. The third-order valence-electron chi connectivity index (χ3n) is 3.15. The molecule has 0 aliphatic carbocycles. The van der Waals surface area contributed by atoms with Crippen LogP contribution in [0, 0.1) is 0 Å². The Bertz CT molecular complexity index is 644. The maximum atomic E-state index is 12.6. The maximum Gasteiger partial charge on any atom is 0.414 e. The number of nitrogens with two attached hydrogens (primary N) is 1. The second kappa shape index (κ2) is 6.75. The smallest absolute Gasteiger partial charge is 0.414 e. The predicted molar refractivity (Wildman–Crippen MR) is 89.0 cm³/mol. The molecule has 0 spiro atoms. The van der Waals surface area contributed by atoms with Crippen molar-refractivity contribution in [3.05, 3.63) is 36.7 Å². The summed E-state index contributed by atoms with van der Waals surface area (Å²) in [7, 11) is 0. The summed E-state index contributed by atoms with van der Waals surface area (Å²) in [5.74, 6) is 0. The number of hydrogen-bond donors (Lipinski definition) is 1. The van der Waals surface area contributed by atoms with E-state index in [-0.39, 0.29) is 6.09 Å². The zero-order valence-corrected chi connectivity index (χ0v) is 13.4. The summed E-state index contributed by atoms with van der Waals surface area (Å²) in [6.07, 6.45) is 3.86. The van der Waals surface area contributed by atoms with Crippen molar-refractivity contribution in [1.82, 2.24) is 4.98 Å². The Hall–Kier alpha value is -2.14. The Kier molecular flexibility index (Phi) is 4.98. The maximum absolute atomic E-state index is 12.6. The highest BCUT2D eigenvalue weighted by Crippen LogP contribution is 2.27. The Labute approximate surface area is 131 Å². The second-order valence-electron chi connectivity index (χ2n) is 6.15. The number of anilines is 1. The molecule has 5 heteroatoms. The zero-order chi connectivity index (χ0) is 16.2. The SMILES string of the molecule is CC(C)(C)OC(=O)N(CCCN)c1cccc2cnccc12. The lowest BCUT2D eigenvalue weighted by Crippen LogP contribution is -2.38. The molecule has 2 aromatic rings. The van der Waals surface area contributed by atoms with Gasteiger partial charge < -0.3 is 10.5 Å². The van der Waals surface area contributed by atoms with Gasteiger partial charge in [-0.25, -0.2) is 4.79 Å². The third kappa shape index (κ3) is 3.95. The molecule has 1 aromatic heterocycles. The average Bonchev–Trinajstić information content (AvgIpc) is 2.46. The first kappa shape index (κ1) is 16.2. The summed E-state index contributed by atoms with van der Waals surface area (Å²) in [5.41, 5.74) is 5.89. The fourth-order valence-corrected chi connectivity index (χ4v) is 2.22. The van der Waals surface area contributed by atoms with Gasteiger partial charge in [0.15, 0.2) is 0 Å². The van der Waals surface area contributed by atoms with Crippen molar-refractivity contribution in [1.29, 1.82) is 0 Å². The summed E-state index contributed by atoms with van der Waals surface area (Å²) < 4.78 is 5.53. The molecule has 2 rings (SSSR count). The Balaban J connectivity index is 2.41. The lowest BCUT2D eigenvalue weighted by atomic mass is 10.1. The molecule has 0 fully saturated rings. The van der Waals surface area contributed by atoms with Gasteiger partial charge in [0, 0.05) is 29.7 Å². The molecule has 5 nitrogen and oxygen atoms in total. The van der Waals surface area contributed by atoms with E-state index in [4.69, 9.17) is 10.5 Å². The minimum absolute atomic E-state index is 0.356. The van der Waals surface area contributed by atoms with Crippen LogP contribution in [0.4, 0.5) is 10.5 Å². The summed E-state index contributed by atoms with van der Waals surface area (Å²) in [6.45, 7) is 6.62. The Morgan fingerprint density at radius 3 is 2.77 bits per heavy atom. The zero-order valence-electron chi connectivity index (χ0n) is 13.4. The van der Waals surface area contributed by atoms with Crippen molar-refractivity contribution in [3.8, 4) is 0 Å². The highest BCUT2D eigenvalue weighted by molar-refractivity contribution is 6.01. The number of fused-ring (bicyclic) bond motifs is 1. The predicted octanol–water partition coefficient (Wildman–Crippen LogP) is 3.33. The first-order valence-corrected chi connectivity index (χ1v) is 7.46. The highest BCUT2D eigenvalue weighted by Gasteiger charge is 2.24. The molecule has 0 atom stereocenters. The van der Waals surface area contributed by atoms with Crippen LogP contribution in [-0.4, -0.2) is 29.8 Å². The minimum Gasteiger partial charge on any atom is -0.443 e. The molecule has 0 saturated heterocycles. The molecule has 118 valence electrons. The number of carbonyl (C=O) groups is 1. The van der Waals surface area contributed by atoms with E-state index in [9.17, 15) is 4.79 Å². The number of aromatic nitrogens is 1. The summed E-state index contributed by atoms with van der Waals surface area (Å²) in [6, 6.07) is 7.72. The van der Waals surface area contributed by atoms with E-state index in [1.54, 1.807) is 17.3 Å². The normalized spacial score (nSPS) is 11.5. The minimum atomic E-state index is -0.538. The summed E-state index contributed by atoms with van der Waals surface area (Å²) >= 11 is 0. The molecule has 0 aliphatic heterocycles. The van der Waals surface area contributed by atoms with Crippen LogP contribution in [0.15, 0.2) is 36.7 Å². The van der Waals surface area contributed by atoms with Gasteiger partial charge in [-0.3, -0.25) is 9.88 Å². The largest absolute Gasteiger partial charge is 0.443 e. The van der Waals surface area contributed by atoms with Crippen LogP contribution in [0.1, 0.15) is 27.2 Å². The molecule has 1 heterocycles. The van der Waals surface area contributed by atoms with Gasteiger partial charge in [0.05, 0.1) is 5.69 Å². The van der Waals surface area contributed by atoms with E-state index in [1.807, 2.05) is 45.0 Å². The molecule has 0 unspecified atom stereocenters. The highest BCUT2D eigenvalue weighted by atomic mass is 16.6. The van der Waals surface area contributed by atoms with Crippen molar-refractivity contribution in [2.24, 2.45) is 5.73 Å². The average molecular weight is 301 g/mol. The van der Waals surface area contributed by atoms with E-state index in [0.29, 0.717) is 19.5 Å². The van der Waals surface area contributed by atoms with Gasteiger partial charge in [0.25, 0.3) is 0 Å². The topological polar surface area (TPSA) is 68.5 Å². The van der Waals surface area contributed by atoms with Crippen LogP contribution in [0.3, 0.4) is 0 Å². The monoisotopic (exact) mass is 301 g/mol. The molecule has 0 aliphatic rings. The van der Waals surface area contributed by atoms with Crippen molar-refractivity contribution >= 4 is 22.6 Å². The van der Waals surface area contributed by atoms with Crippen molar-refractivity contribution in [2.75, 3.05) is 18.0 Å². The quantitative estimate of drug-likeness (QED) is 0.940. The van der Waals surface area contributed by atoms with Crippen molar-refractivity contribution in [2.45, 2.75) is 32.8 Å². The number of hydrogen-bond acceptors (Lipinski definition) is 4. The van der Waals surface area contributed by atoms with Gasteiger partial charge >= 0.3 is 6.09 Å². The number of ether oxygens (including phenoxy) is 1. The van der Waals surface area contributed by atoms with Crippen molar-refractivity contribution in [3.63, 3.8) is 0 Å². The fraction of sp³-hybridized carbons (Fsp3) is 0.412. The van der Waals surface area contributed by atoms with E-state index in [2.05, 4.69) is 4.98 Å². The number of amides is 1. The molecule has 1 aromatic carbocycles. The summed E-state index contributed by atoms with van der Waals surface area (Å²) in [4.78, 5) is 18.3. The van der Waals surface area contributed by atoms with Gasteiger partial charge in [-0.2, -0.15) is 0 Å². The van der Waals surface area contributed by atoms with E-state index < -0.39 is 5.60 Å². The van der Waals surface area contributed by atoms with Gasteiger partial charge in [0.2, 0.25) is 0 Å². The van der Waals surface area contributed by atoms with Crippen LogP contribution in [-0.2, 0) is 4.74 Å². The molecular weight excluding hydrogens is 278 g/mol. The number of pyridine rings is 1. The molecule has 22 heavy (non-hydrogen) atoms. The first-order valence-electron chi connectivity index (χ1n) is 7.46. The van der Waals surface area contributed by atoms with Gasteiger partial charge in [-0.05, 0) is 45.9 Å². The first-order chi connectivity index (χ1) is 10.4. The van der Waals surface area contributed by atoms with E-state index in [0.717, 1.165) is 16.5 Å². The Morgan fingerprint density at radius 1 is 1.32 bits per heavy atom. The van der Waals surface area contributed by atoms with E-state index >= 15 is 0 Å². The second-order valence-corrected chi connectivity index (χ2v) is 6.15. The van der Waals surface area contributed by atoms with Crippen LogP contribution < -0.4 is 10.6 Å². The standard InChI is InChI=1S/C17H23N3O2/c1-17(2,3)22-16(21)20(11-5-9-18)15-7-4-6-13-12-19-10-8-14(13)15/h4,6-8,10,12H,5,9,11,18H2,1-3H3. The van der Waals surface area contributed by atoms with Crippen LogP contribution in [0.25, 0.3) is 10.8 Å². The molecule has 0 radical (unpaired) electrons.